The number of hydrogen-bond acceptors (Lipinski definition) is 8. The van der Waals surface area contributed by atoms with Crippen LogP contribution in [-0.2, 0) is 15.5 Å². The van der Waals surface area contributed by atoms with Gasteiger partial charge < -0.3 is 19.0 Å². The van der Waals surface area contributed by atoms with Gasteiger partial charge in [0.05, 0.1) is 27.7 Å². The number of alkyl halides is 2. The highest BCUT2D eigenvalue weighted by atomic mass is 35.5. The molecule has 5 heterocycles. The molecule has 6 rings (SSSR count). The van der Waals surface area contributed by atoms with Crippen molar-refractivity contribution in [1.29, 1.82) is 0 Å². The van der Waals surface area contributed by atoms with Gasteiger partial charge in [0.15, 0.2) is 0 Å². The number of amides is 2. The Morgan fingerprint density at radius 2 is 1.92 bits per heavy atom. The summed E-state index contributed by atoms with van der Waals surface area (Å²) in [5.41, 5.74) is 0.511. The largest absolute Gasteiger partial charge is 0.419 e. The second-order valence-corrected chi connectivity index (χ2v) is 11.5. The van der Waals surface area contributed by atoms with Crippen molar-refractivity contribution in [2.45, 2.75) is 30.8 Å². The maximum Gasteiger partial charge on any atom is 0.349 e. The van der Waals surface area contributed by atoms with Crippen molar-refractivity contribution in [2.24, 2.45) is 5.41 Å². The molecule has 0 bridgehead atoms. The average Bonchev–Trinajstić information content (AvgIpc) is 3.68. The summed E-state index contributed by atoms with van der Waals surface area (Å²) in [4.78, 5) is 33.8. The third kappa shape index (κ3) is 4.27. The summed E-state index contributed by atoms with van der Waals surface area (Å²) < 4.78 is 41.7. The molecule has 2 amide bonds. The highest BCUT2D eigenvalue weighted by molar-refractivity contribution is 7.11. The fourth-order valence-corrected chi connectivity index (χ4v) is 6.31. The number of carbonyl (C=O) groups excluding carboxylic acids is 2. The minimum absolute atomic E-state index is 0.0106. The number of ether oxygens (including phenoxy) is 1. The van der Waals surface area contributed by atoms with Crippen LogP contribution in [0.1, 0.15) is 45.8 Å². The standard InChI is InChI=1S/C24H21Cl2F2N5O4S/c25-15-4-3-13(6-16(15)26)24(27,28)22-31-30-19(37-22)14-8-32(21(35)18-7-29-12-38-18)9-23(14)10-33(11-23)20(34)17-2-1-5-36-17/h3-4,6-7,12,14,17H,1-2,5,8-11H2/t14?,17-/m0/s1. The lowest BCUT2D eigenvalue weighted by atomic mass is 9.71. The Hall–Kier alpha value is -2.67. The van der Waals surface area contributed by atoms with Gasteiger partial charge in [-0.05, 0) is 25.0 Å². The van der Waals surface area contributed by atoms with Gasteiger partial charge in [0.1, 0.15) is 11.0 Å². The third-order valence-corrected chi connectivity index (χ3v) is 8.90. The zero-order chi connectivity index (χ0) is 26.7. The van der Waals surface area contributed by atoms with Crippen molar-refractivity contribution in [3.8, 4) is 0 Å². The molecular weight excluding hydrogens is 563 g/mol. The molecule has 3 aliphatic rings. The molecule has 2 aromatic heterocycles. The number of hydrogen-bond donors (Lipinski definition) is 0. The zero-order valence-corrected chi connectivity index (χ0v) is 22.1. The van der Waals surface area contributed by atoms with Crippen molar-refractivity contribution in [1.82, 2.24) is 25.0 Å². The number of likely N-dealkylation sites (tertiary alicyclic amines) is 2. The van der Waals surface area contributed by atoms with Gasteiger partial charge in [-0.2, -0.15) is 8.78 Å². The van der Waals surface area contributed by atoms with Gasteiger partial charge in [-0.15, -0.1) is 21.5 Å². The molecule has 14 heteroatoms. The van der Waals surface area contributed by atoms with E-state index in [2.05, 4.69) is 15.2 Å². The minimum atomic E-state index is -3.62. The summed E-state index contributed by atoms with van der Waals surface area (Å²) in [6, 6.07) is 3.47. The number of nitrogens with zero attached hydrogens (tertiary/aromatic N) is 5. The molecule has 3 aliphatic heterocycles. The Morgan fingerprint density at radius 1 is 1.13 bits per heavy atom. The van der Waals surface area contributed by atoms with E-state index in [-0.39, 0.29) is 34.3 Å². The van der Waals surface area contributed by atoms with Crippen molar-refractivity contribution >= 4 is 46.4 Å². The number of carbonyl (C=O) groups is 2. The van der Waals surface area contributed by atoms with Crippen molar-refractivity contribution in [3.05, 3.63) is 62.2 Å². The molecule has 200 valence electrons. The highest BCUT2D eigenvalue weighted by Gasteiger charge is 2.59. The van der Waals surface area contributed by atoms with Crippen molar-refractivity contribution < 1.29 is 27.5 Å². The van der Waals surface area contributed by atoms with E-state index in [0.717, 1.165) is 18.6 Å². The monoisotopic (exact) mass is 583 g/mol. The molecule has 0 saturated carbocycles. The Morgan fingerprint density at radius 3 is 2.61 bits per heavy atom. The molecule has 1 unspecified atom stereocenters. The summed E-state index contributed by atoms with van der Waals surface area (Å²) >= 11 is 13.0. The molecule has 9 nitrogen and oxygen atoms in total. The fraction of sp³-hybridized carbons (Fsp3) is 0.458. The van der Waals surface area contributed by atoms with Gasteiger partial charge in [-0.25, -0.2) is 0 Å². The van der Waals surface area contributed by atoms with Crippen LogP contribution in [0.25, 0.3) is 0 Å². The second-order valence-electron chi connectivity index (χ2n) is 9.81. The van der Waals surface area contributed by atoms with Crippen LogP contribution in [0.2, 0.25) is 10.0 Å². The van der Waals surface area contributed by atoms with E-state index in [1.165, 1.54) is 23.6 Å². The first-order valence-corrected chi connectivity index (χ1v) is 13.6. The smallest absolute Gasteiger partial charge is 0.349 e. The summed E-state index contributed by atoms with van der Waals surface area (Å²) in [5, 5.41) is 7.76. The number of aromatic nitrogens is 3. The summed E-state index contributed by atoms with van der Waals surface area (Å²) in [6.07, 6.45) is 2.51. The molecule has 1 spiro atoms. The molecule has 3 aromatic rings. The van der Waals surface area contributed by atoms with E-state index < -0.39 is 34.8 Å². The summed E-state index contributed by atoms with van der Waals surface area (Å²) in [5.74, 6) is -5.39. The molecule has 0 N–H and O–H groups in total. The van der Waals surface area contributed by atoms with E-state index >= 15 is 8.78 Å². The van der Waals surface area contributed by atoms with E-state index in [4.69, 9.17) is 32.4 Å². The molecule has 1 aromatic carbocycles. The maximum atomic E-state index is 15.3. The highest BCUT2D eigenvalue weighted by Crippen LogP contribution is 2.50. The molecule has 3 fully saturated rings. The lowest BCUT2D eigenvalue weighted by molar-refractivity contribution is -0.153. The van der Waals surface area contributed by atoms with Gasteiger partial charge in [0.2, 0.25) is 5.89 Å². The van der Waals surface area contributed by atoms with Crippen molar-refractivity contribution in [3.63, 3.8) is 0 Å². The molecule has 0 aliphatic carbocycles. The van der Waals surface area contributed by atoms with Crippen LogP contribution < -0.4 is 0 Å². The Labute approximate surface area is 229 Å². The number of benzene rings is 1. The first kappa shape index (κ1) is 25.6. The van der Waals surface area contributed by atoms with Gasteiger partial charge in [0.25, 0.3) is 17.7 Å². The van der Waals surface area contributed by atoms with Gasteiger partial charge >= 0.3 is 5.92 Å². The predicted octanol–water partition coefficient (Wildman–Crippen LogP) is 4.22. The van der Waals surface area contributed by atoms with E-state index in [0.29, 0.717) is 37.5 Å². The minimum Gasteiger partial charge on any atom is -0.419 e. The molecule has 0 radical (unpaired) electrons. The molecule has 3 saturated heterocycles. The SMILES string of the molecule is O=C(c1cncs1)N1CC(c2nnc(C(F)(F)c3ccc(Cl)c(Cl)c3)o2)C2(C1)CN(C(=O)[C@@H]1CCCO1)C2. The normalized spacial score (nSPS) is 22.7. The topological polar surface area (TPSA) is 102 Å². The second kappa shape index (κ2) is 9.51. The first-order chi connectivity index (χ1) is 18.2. The number of thiazole rings is 1. The van der Waals surface area contributed by atoms with Crippen LogP contribution in [0.15, 0.2) is 34.3 Å². The fourth-order valence-electron chi connectivity index (χ4n) is 5.42. The average molecular weight is 584 g/mol. The predicted molar refractivity (Wildman–Crippen MR) is 133 cm³/mol. The Balaban J connectivity index is 1.28. The molecule has 38 heavy (non-hydrogen) atoms. The Bertz CT molecular complexity index is 1380. The molecular formula is C24H21Cl2F2N5O4S. The maximum absolute atomic E-state index is 15.3. The van der Waals surface area contributed by atoms with E-state index in [1.807, 2.05) is 0 Å². The number of rotatable bonds is 5. The summed E-state index contributed by atoms with van der Waals surface area (Å²) in [7, 11) is 0. The number of halogens is 4. The van der Waals surface area contributed by atoms with Gasteiger partial charge in [0, 0.05) is 43.8 Å². The van der Waals surface area contributed by atoms with E-state index in [1.54, 1.807) is 15.3 Å². The zero-order valence-electron chi connectivity index (χ0n) is 19.8. The van der Waals surface area contributed by atoms with Gasteiger partial charge in [-0.3, -0.25) is 14.6 Å². The third-order valence-electron chi connectivity index (χ3n) is 7.40. The van der Waals surface area contributed by atoms with Crippen LogP contribution in [0.5, 0.6) is 0 Å². The quantitative estimate of drug-likeness (QED) is 0.443. The van der Waals surface area contributed by atoms with Crippen LogP contribution in [0.3, 0.4) is 0 Å². The van der Waals surface area contributed by atoms with Crippen LogP contribution in [0, 0.1) is 5.41 Å². The van der Waals surface area contributed by atoms with Crippen LogP contribution in [0.4, 0.5) is 8.78 Å². The van der Waals surface area contributed by atoms with Crippen molar-refractivity contribution in [2.75, 3.05) is 32.8 Å². The first-order valence-electron chi connectivity index (χ1n) is 11.9. The van der Waals surface area contributed by atoms with Crippen LogP contribution in [-0.4, -0.2) is 75.7 Å². The lowest BCUT2D eigenvalue weighted by Gasteiger charge is -2.50. The lowest BCUT2D eigenvalue weighted by Crippen LogP contribution is -2.63. The summed E-state index contributed by atoms with van der Waals surface area (Å²) in [6.45, 7) is 1.68. The molecule has 2 atom stereocenters. The Kier molecular flexibility index (Phi) is 6.41. The van der Waals surface area contributed by atoms with E-state index in [9.17, 15) is 9.59 Å². The van der Waals surface area contributed by atoms with Gasteiger partial charge in [-0.1, -0.05) is 29.3 Å². The van der Waals surface area contributed by atoms with Crippen LogP contribution >= 0.6 is 34.5 Å².